The molecule has 0 aromatic carbocycles. The summed E-state index contributed by atoms with van der Waals surface area (Å²) >= 11 is 0. The lowest BCUT2D eigenvalue weighted by molar-refractivity contribution is 0.118. The zero-order valence-corrected chi connectivity index (χ0v) is 10.9. The molecule has 16 heavy (non-hydrogen) atoms. The Morgan fingerprint density at radius 3 is 2.81 bits per heavy atom. The van der Waals surface area contributed by atoms with Gasteiger partial charge in [-0.15, -0.1) is 0 Å². The molecule has 2 atom stereocenters. The van der Waals surface area contributed by atoms with Gasteiger partial charge in [-0.3, -0.25) is 0 Å². The van der Waals surface area contributed by atoms with E-state index in [1.165, 1.54) is 0 Å². The zero-order chi connectivity index (χ0) is 12.2. The first-order valence-corrected chi connectivity index (χ1v) is 7.20. The first-order valence-electron chi connectivity index (χ1n) is 5.70. The average molecular weight is 250 g/mol. The Labute approximate surface area is 98.0 Å². The van der Waals surface area contributed by atoms with Crippen LogP contribution in [-0.4, -0.2) is 51.3 Å². The van der Waals surface area contributed by atoms with Gasteiger partial charge in [0.25, 0.3) is 0 Å². The lowest BCUT2D eigenvalue weighted by atomic mass is 10.0. The molecular weight excluding hydrogens is 228 g/mol. The predicted octanol–water partition coefficient (Wildman–Crippen LogP) is 0.0218. The Morgan fingerprint density at radius 1 is 1.56 bits per heavy atom. The average Bonchev–Trinajstić information content (AvgIpc) is 2.28. The molecule has 1 saturated heterocycles. The standard InChI is InChI=1S/C10H22N2O3S/c1-9(6-11)16(13,14)12-5-3-4-10(7-12)8-15-2/h9-10H,3-8,11H2,1-2H3. The number of hydrogen-bond donors (Lipinski definition) is 1. The van der Waals surface area contributed by atoms with Crippen LogP contribution in [0.1, 0.15) is 19.8 Å². The fourth-order valence-electron chi connectivity index (χ4n) is 2.01. The molecule has 1 rings (SSSR count). The topological polar surface area (TPSA) is 72.6 Å². The maximum absolute atomic E-state index is 12.1. The van der Waals surface area contributed by atoms with Gasteiger partial charge in [0.2, 0.25) is 10.0 Å². The molecule has 0 spiro atoms. The van der Waals surface area contributed by atoms with Crippen molar-refractivity contribution in [2.75, 3.05) is 33.4 Å². The lowest BCUT2D eigenvalue weighted by Gasteiger charge is -2.33. The first-order chi connectivity index (χ1) is 7.52. The van der Waals surface area contributed by atoms with Crippen molar-refractivity contribution >= 4 is 10.0 Å². The largest absolute Gasteiger partial charge is 0.384 e. The van der Waals surface area contributed by atoms with Crippen LogP contribution in [0.15, 0.2) is 0 Å². The number of methoxy groups -OCH3 is 1. The van der Waals surface area contributed by atoms with Crippen LogP contribution in [0.4, 0.5) is 0 Å². The highest BCUT2D eigenvalue weighted by molar-refractivity contribution is 7.89. The molecule has 0 amide bonds. The van der Waals surface area contributed by atoms with Gasteiger partial charge in [0.1, 0.15) is 0 Å². The van der Waals surface area contributed by atoms with Gasteiger partial charge in [-0.05, 0) is 25.7 Å². The van der Waals surface area contributed by atoms with E-state index in [2.05, 4.69) is 0 Å². The Morgan fingerprint density at radius 2 is 2.25 bits per heavy atom. The third kappa shape index (κ3) is 3.16. The van der Waals surface area contributed by atoms with Gasteiger partial charge >= 0.3 is 0 Å². The van der Waals surface area contributed by atoms with Crippen LogP contribution in [0.5, 0.6) is 0 Å². The molecule has 5 nitrogen and oxygen atoms in total. The Bertz CT molecular complexity index is 303. The highest BCUT2D eigenvalue weighted by atomic mass is 32.2. The van der Waals surface area contributed by atoms with E-state index in [9.17, 15) is 8.42 Å². The molecule has 1 aliphatic heterocycles. The van der Waals surface area contributed by atoms with E-state index in [-0.39, 0.29) is 6.54 Å². The van der Waals surface area contributed by atoms with Crippen LogP contribution in [-0.2, 0) is 14.8 Å². The summed E-state index contributed by atoms with van der Waals surface area (Å²) in [7, 11) is -1.56. The highest BCUT2D eigenvalue weighted by Gasteiger charge is 2.32. The van der Waals surface area contributed by atoms with Gasteiger partial charge in [-0.2, -0.15) is 0 Å². The summed E-state index contributed by atoms with van der Waals surface area (Å²) in [6, 6.07) is 0. The van der Waals surface area contributed by atoms with Crippen LogP contribution in [0.3, 0.4) is 0 Å². The molecule has 0 bridgehead atoms. The van der Waals surface area contributed by atoms with Crippen molar-refractivity contribution in [3.05, 3.63) is 0 Å². The van der Waals surface area contributed by atoms with Crippen LogP contribution < -0.4 is 5.73 Å². The normalized spacial score (nSPS) is 25.6. The number of nitrogens with two attached hydrogens (primary N) is 1. The minimum Gasteiger partial charge on any atom is -0.384 e. The van der Waals surface area contributed by atoms with E-state index in [0.29, 0.717) is 25.6 Å². The summed E-state index contributed by atoms with van der Waals surface area (Å²) in [5, 5.41) is -0.492. The molecule has 0 aliphatic carbocycles. The lowest BCUT2D eigenvalue weighted by Crippen LogP contribution is -2.46. The molecule has 6 heteroatoms. The molecule has 1 aliphatic rings. The molecule has 1 heterocycles. The number of ether oxygens (including phenoxy) is 1. The number of nitrogens with zero attached hydrogens (tertiary/aromatic N) is 1. The van der Waals surface area contributed by atoms with Crippen molar-refractivity contribution in [1.29, 1.82) is 0 Å². The minimum absolute atomic E-state index is 0.174. The predicted molar refractivity (Wildman–Crippen MR) is 63.6 cm³/mol. The van der Waals surface area contributed by atoms with Gasteiger partial charge in [-0.25, -0.2) is 12.7 Å². The van der Waals surface area contributed by atoms with Crippen molar-refractivity contribution in [2.24, 2.45) is 11.7 Å². The first kappa shape index (κ1) is 13.9. The second-order valence-electron chi connectivity index (χ2n) is 4.41. The van der Waals surface area contributed by atoms with Crippen molar-refractivity contribution in [3.63, 3.8) is 0 Å². The summed E-state index contributed by atoms with van der Waals surface area (Å²) < 4.78 is 30.8. The number of rotatable bonds is 5. The minimum atomic E-state index is -3.21. The van der Waals surface area contributed by atoms with E-state index in [0.717, 1.165) is 12.8 Å². The smallest absolute Gasteiger partial charge is 0.217 e. The summed E-state index contributed by atoms with van der Waals surface area (Å²) in [4.78, 5) is 0. The van der Waals surface area contributed by atoms with E-state index in [1.807, 2.05) is 0 Å². The Hall–Kier alpha value is -0.170. The quantitative estimate of drug-likeness (QED) is 0.746. The number of hydrogen-bond acceptors (Lipinski definition) is 4. The van der Waals surface area contributed by atoms with Crippen molar-refractivity contribution in [2.45, 2.75) is 25.0 Å². The third-order valence-corrected chi connectivity index (χ3v) is 5.35. The highest BCUT2D eigenvalue weighted by Crippen LogP contribution is 2.21. The summed E-state index contributed by atoms with van der Waals surface area (Å²) in [6.45, 7) is 3.65. The van der Waals surface area contributed by atoms with Gasteiger partial charge in [0.05, 0.1) is 11.9 Å². The Balaban J connectivity index is 2.66. The van der Waals surface area contributed by atoms with E-state index < -0.39 is 15.3 Å². The van der Waals surface area contributed by atoms with Crippen molar-refractivity contribution in [1.82, 2.24) is 4.31 Å². The second-order valence-corrected chi connectivity index (χ2v) is 6.76. The maximum atomic E-state index is 12.1. The molecule has 96 valence electrons. The summed E-state index contributed by atoms with van der Waals surface area (Å²) in [6.07, 6.45) is 1.95. The molecule has 0 saturated carbocycles. The maximum Gasteiger partial charge on any atom is 0.217 e. The zero-order valence-electron chi connectivity index (χ0n) is 10.1. The molecule has 1 fully saturated rings. The molecule has 0 aromatic heterocycles. The van der Waals surface area contributed by atoms with Gasteiger partial charge < -0.3 is 10.5 Å². The molecule has 2 N–H and O–H groups in total. The SMILES string of the molecule is COCC1CCCN(S(=O)(=O)C(C)CN)C1. The van der Waals surface area contributed by atoms with Crippen LogP contribution >= 0.6 is 0 Å². The summed E-state index contributed by atoms with van der Waals surface area (Å²) in [5.41, 5.74) is 5.43. The van der Waals surface area contributed by atoms with Crippen LogP contribution in [0.25, 0.3) is 0 Å². The second kappa shape index (κ2) is 5.95. The van der Waals surface area contributed by atoms with Crippen molar-refractivity contribution in [3.8, 4) is 0 Å². The fourth-order valence-corrected chi connectivity index (χ4v) is 3.56. The van der Waals surface area contributed by atoms with E-state index in [4.69, 9.17) is 10.5 Å². The van der Waals surface area contributed by atoms with Gasteiger partial charge in [0, 0.05) is 26.7 Å². The fraction of sp³-hybridized carbons (Fsp3) is 1.00. The van der Waals surface area contributed by atoms with Crippen LogP contribution in [0.2, 0.25) is 0 Å². The molecule has 0 radical (unpaired) electrons. The number of sulfonamides is 1. The van der Waals surface area contributed by atoms with E-state index >= 15 is 0 Å². The van der Waals surface area contributed by atoms with Gasteiger partial charge in [0.15, 0.2) is 0 Å². The molecule has 0 aromatic rings. The molecule has 2 unspecified atom stereocenters. The monoisotopic (exact) mass is 250 g/mol. The Kier molecular flexibility index (Phi) is 5.17. The van der Waals surface area contributed by atoms with Crippen LogP contribution in [0, 0.1) is 5.92 Å². The molecular formula is C10H22N2O3S. The van der Waals surface area contributed by atoms with E-state index in [1.54, 1.807) is 18.3 Å². The third-order valence-electron chi connectivity index (χ3n) is 3.08. The van der Waals surface area contributed by atoms with Gasteiger partial charge in [-0.1, -0.05) is 0 Å². The number of piperidine rings is 1. The summed E-state index contributed by atoms with van der Waals surface area (Å²) in [5.74, 6) is 0.318. The van der Waals surface area contributed by atoms with Crippen molar-refractivity contribution < 1.29 is 13.2 Å².